The second-order valence-corrected chi connectivity index (χ2v) is 3.19. The molecule has 1 aromatic carbocycles. The van der Waals surface area contributed by atoms with Gasteiger partial charge >= 0.3 is 5.97 Å². The van der Waals surface area contributed by atoms with Crippen molar-refractivity contribution in [3.8, 4) is 0 Å². The van der Waals surface area contributed by atoms with Crippen LogP contribution in [0.2, 0.25) is 0 Å². The summed E-state index contributed by atoms with van der Waals surface area (Å²) in [5, 5.41) is 11.9. The van der Waals surface area contributed by atoms with Gasteiger partial charge in [-0.3, -0.25) is 4.79 Å². The Morgan fingerprint density at radius 1 is 1.54 bits per heavy atom. The highest BCUT2D eigenvalue weighted by Crippen LogP contribution is 2.25. The fraction of sp³-hybridized carbons (Fsp3) is 0.300. The van der Waals surface area contributed by atoms with Gasteiger partial charge < -0.3 is 10.4 Å². The molecule has 0 saturated carbocycles. The first kappa shape index (κ1) is 8.10. The molecule has 1 aliphatic heterocycles. The Morgan fingerprint density at radius 3 is 3.15 bits per heavy atom. The van der Waals surface area contributed by atoms with Crippen LogP contribution >= 0.6 is 0 Å². The van der Waals surface area contributed by atoms with Gasteiger partial charge in [0.1, 0.15) is 0 Å². The summed E-state index contributed by atoms with van der Waals surface area (Å²) in [5.41, 5.74) is 3.21. The molecule has 0 amide bonds. The summed E-state index contributed by atoms with van der Waals surface area (Å²) in [6.07, 6.45) is 1.07. The van der Waals surface area contributed by atoms with Crippen molar-refractivity contribution >= 4 is 11.7 Å². The molecule has 2 rings (SSSR count). The third-order valence-corrected chi connectivity index (χ3v) is 2.31. The zero-order valence-electron chi connectivity index (χ0n) is 7.21. The average molecular weight is 177 g/mol. The zero-order chi connectivity index (χ0) is 9.26. The normalized spacial score (nSPS) is 13.5. The molecule has 3 heteroatoms. The van der Waals surface area contributed by atoms with Gasteiger partial charge in [-0.2, -0.15) is 0 Å². The van der Waals surface area contributed by atoms with Gasteiger partial charge in [-0.1, -0.05) is 12.1 Å². The lowest BCUT2D eigenvalue weighted by Gasteiger charge is -2.04. The van der Waals surface area contributed by atoms with Gasteiger partial charge in [-0.15, -0.1) is 0 Å². The lowest BCUT2D eigenvalue weighted by molar-refractivity contribution is -0.136. The maximum Gasteiger partial charge on any atom is 0.307 e. The fourth-order valence-electron chi connectivity index (χ4n) is 1.75. The number of carbonyl (C=O) groups is 1. The molecule has 0 radical (unpaired) electrons. The van der Waals surface area contributed by atoms with Crippen LogP contribution in [0.15, 0.2) is 18.2 Å². The first-order valence-electron chi connectivity index (χ1n) is 4.34. The predicted octanol–water partition coefficient (Wildman–Crippen LogP) is 1.28. The lowest BCUT2D eigenvalue weighted by Crippen LogP contribution is -2.02. The Labute approximate surface area is 76.4 Å². The molecule has 0 aromatic heterocycles. The third kappa shape index (κ3) is 1.49. The third-order valence-electron chi connectivity index (χ3n) is 2.31. The topological polar surface area (TPSA) is 49.3 Å². The Hall–Kier alpha value is -1.51. The Balaban J connectivity index is 2.36. The van der Waals surface area contributed by atoms with Gasteiger partial charge in [-0.05, 0) is 23.6 Å². The second-order valence-electron chi connectivity index (χ2n) is 3.19. The van der Waals surface area contributed by atoms with Crippen molar-refractivity contribution < 1.29 is 9.90 Å². The minimum Gasteiger partial charge on any atom is -0.481 e. The number of rotatable bonds is 2. The molecule has 0 unspecified atom stereocenters. The molecular formula is C10H11NO2. The van der Waals surface area contributed by atoms with Crippen molar-refractivity contribution in [2.45, 2.75) is 12.8 Å². The van der Waals surface area contributed by atoms with Crippen LogP contribution in [0.25, 0.3) is 0 Å². The Bertz CT molecular complexity index is 347. The monoisotopic (exact) mass is 177 g/mol. The number of carboxylic acids is 1. The van der Waals surface area contributed by atoms with E-state index < -0.39 is 5.97 Å². The summed E-state index contributed by atoms with van der Waals surface area (Å²) in [7, 11) is 0. The molecule has 68 valence electrons. The number of carboxylic acid groups (broad SMARTS) is 1. The largest absolute Gasteiger partial charge is 0.481 e. The SMILES string of the molecule is O=C(O)Cc1cccc2c1CCN2. The number of benzene rings is 1. The first-order chi connectivity index (χ1) is 6.27. The summed E-state index contributed by atoms with van der Waals surface area (Å²) < 4.78 is 0. The average Bonchev–Trinajstić information content (AvgIpc) is 2.51. The van der Waals surface area contributed by atoms with E-state index in [9.17, 15) is 4.79 Å². The van der Waals surface area contributed by atoms with Crippen LogP contribution in [0.1, 0.15) is 11.1 Å². The molecule has 0 saturated heterocycles. The molecule has 0 fully saturated rings. The zero-order valence-corrected chi connectivity index (χ0v) is 7.21. The molecule has 13 heavy (non-hydrogen) atoms. The van der Waals surface area contributed by atoms with Crippen LogP contribution in [-0.2, 0) is 17.6 Å². The van der Waals surface area contributed by atoms with Crippen molar-refractivity contribution in [1.29, 1.82) is 0 Å². The molecular weight excluding hydrogens is 166 g/mol. The van der Waals surface area contributed by atoms with E-state index >= 15 is 0 Å². The number of fused-ring (bicyclic) bond motifs is 1. The van der Waals surface area contributed by atoms with Crippen molar-refractivity contribution in [1.82, 2.24) is 0 Å². The van der Waals surface area contributed by atoms with Gasteiger partial charge in [-0.25, -0.2) is 0 Å². The van der Waals surface area contributed by atoms with Crippen molar-refractivity contribution in [3.63, 3.8) is 0 Å². The van der Waals surface area contributed by atoms with Crippen molar-refractivity contribution in [3.05, 3.63) is 29.3 Å². The molecule has 0 spiro atoms. The first-order valence-corrected chi connectivity index (χ1v) is 4.34. The molecule has 0 bridgehead atoms. The summed E-state index contributed by atoms with van der Waals surface area (Å²) in [6.45, 7) is 0.923. The van der Waals surface area contributed by atoms with E-state index in [4.69, 9.17) is 5.11 Å². The highest BCUT2D eigenvalue weighted by Gasteiger charge is 2.14. The smallest absolute Gasteiger partial charge is 0.307 e. The highest BCUT2D eigenvalue weighted by molar-refractivity contribution is 5.72. The lowest BCUT2D eigenvalue weighted by atomic mass is 10.0. The van der Waals surface area contributed by atoms with E-state index in [1.54, 1.807) is 0 Å². The van der Waals surface area contributed by atoms with Gasteiger partial charge in [0, 0.05) is 12.2 Å². The number of aliphatic carboxylic acids is 1. The van der Waals surface area contributed by atoms with Crippen LogP contribution in [-0.4, -0.2) is 17.6 Å². The number of anilines is 1. The van der Waals surface area contributed by atoms with Gasteiger partial charge in [0.15, 0.2) is 0 Å². The minimum atomic E-state index is -0.764. The van der Waals surface area contributed by atoms with Crippen LogP contribution < -0.4 is 5.32 Å². The van der Waals surface area contributed by atoms with E-state index in [1.807, 2.05) is 18.2 Å². The van der Waals surface area contributed by atoms with Crippen LogP contribution in [0.5, 0.6) is 0 Å². The minimum absolute atomic E-state index is 0.130. The molecule has 1 heterocycles. The number of hydrogen-bond donors (Lipinski definition) is 2. The summed E-state index contributed by atoms with van der Waals surface area (Å²) >= 11 is 0. The van der Waals surface area contributed by atoms with Crippen LogP contribution in [0.3, 0.4) is 0 Å². The predicted molar refractivity (Wildman–Crippen MR) is 50.0 cm³/mol. The Kier molecular flexibility index (Phi) is 1.93. The quantitative estimate of drug-likeness (QED) is 0.715. The maximum absolute atomic E-state index is 10.5. The van der Waals surface area contributed by atoms with Gasteiger partial charge in [0.2, 0.25) is 0 Å². The Morgan fingerprint density at radius 2 is 2.38 bits per heavy atom. The summed E-state index contributed by atoms with van der Waals surface area (Å²) in [5.74, 6) is -0.764. The van der Waals surface area contributed by atoms with E-state index in [0.29, 0.717) is 0 Å². The number of hydrogen-bond acceptors (Lipinski definition) is 2. The van der Waals surface area contributed by atoms with E-state index in [1.165, 1.54) is 5.56 Å². The molecule has 1 aliphatic rings. The number of nitrogens with one attached hydrogen (secondary N) is 1. The van der Waals surface area contributed by atoms with E-state index in [-0.39, 0.29) is 6.42 Å². The van der Waals surface area contributed by atoms with Crippen molar-refractivity contribution in [2.75, 3.05) is 11.9 Å². The fourth-order valence-corrected chi connectivity index (χ4v) is 1.75. The second kappa shape index (κ2) is 3.09. The van der Waals surface area contributed by atoms with Crippen LogP contribution in [0, 0.1) is 0 Å². The maximum atomic E-state index is 10.5. The molecule has 0 aliphatic carbocycles. The van der Waals surface area contributed by atoms with Gasteiger partial charge in [0.25, 0.3) is 0 Å². The van der Waals surface area contributed by atoms with Crippen molar-refractivity contribution in [2.24, 2.45) is 0 Å². The molecule has 3 nitrogen and oxygen atoms in total. The van der Waals surface area contributed by atoms with Gasteiger partial charge in [0.05, 0.1) is 6.42 Å². The van der Waals surface area contributed by atoms with E-state index in [2.05, 4.69) is 5.32 Å². The standard InChI is InChI=1S/C10H11NO2/c12-10(13)6-7-2-1-3-9-8(7)4-5-11-9/h1-3,11H,4-6H2,(H,12,13). The molecule has 0 atom stereocenters. The highest BCUT2D eigenvalue weighted by atomic mass is 16.4. The van der Waals surface area contributed by atoms with E-state index in [0.717, 1.165) is 24.2 Å². The summed E-state index contributed by atoms with van der Waals surface area (Å²) in [4.78, 5) is 10.5. The molecule has 2 N–H and O–H groups in total. The molecule has 1 aromatic rings. The van der Waals surface area contributed by atoms with Crippen LogP contribution in [0.4, 0.5) is 5.69 Å². The summed E-state index contributed by atoms with van der Waals surface area (Å²) in [6, 6.07) is 5.78.